The van der Waals surface area contributed by atoms with E-state index in [1.165, 1.54) is 23.1 Å². The fraction of sp³-hybridized carbons (Fsp3) is 0.357. The van der Waals surface area contributed by atoms with Crippen molar-refractivity contribution in [1.82, 2.24) is 9.80 Å². The third-order valence-corrected chi connectivity index (χ3v) is 3.33. The molecule has 106 valence electrons. The van der Waals surface area contributed by atoms with Crippen molar-refractivity contribution >= 4 is 17.7 Å². The Morgan fingerprint density at radius 1 is 1.35 bits per heavy atom. The van der Waals surface area contributed by atoms with Crippen molar-refractivity contribution < 1.29 is 14.3 Å². The van der Waals surface area contributed by atoms with Crippen LogP contribution in [-0.4, -0.2) is 53.7 Å². The number of carbonyl (C=O) groups is 1. The van der Waals surface area contributed by atoms with Crippen LogP contribution in [0, 0.1) is 17.7 Å². The van der Waals surface area contributed by atoms with E-state index in [1.807, 2.05) is 4.90 Å². The molecule has 1 saturated heterocycles. The Hall–Kier alpha value is -1.77. The van der Waals surface area contributed by atoms with E-state index in [0.717, 1.165) is 0 Å². The highest BCUT2D eigenvalue weighted by molar-refractivity contribution is 6.30. The standard InChI is InChI=1S/C14H14ClFN2O2/c15-12-3-4-13(16)11(10-12)2-1-5-17-6-8-18(9-7-17)14(19)20/h3-4,10H,5-9H2,(H,19,20). The van der Waals surface area contributed by atoms with Gasteiger partial charge in [0.15, 0.2) is 0 Å². The first-order chi connectivity index (χ1) is 9.56. The van der Waals surface area contributed by atoms with Gasteiger partial charge in [0.25, 0.3) is 0 Å². The van der Waals surface area contributed by atoms with Crippen molar-refractivity contribution in [2.75, 3.05) is 32.7 Å². The molecule has 0 bridgehead atoms. The van der Waals surface area contributed by atoms with Crippen molar-refractivity contribution in [3.63, 3.8) is 0 Å². The van der Waals surface area contributed by atoms with Crippen LogP contribution >= 0.6 is 11.6 Å². The number of benzene rings is 1. The average Bonchev–Trinajstić information content (AvgIpc) is 2.43. The second-order valence-corrected chi connectivity index (χ2v) is 4.91. The first-order valence-corrected chi connectivity index (χ1v) is 6.58. The minimum absolute atomic E-state index is 0.279. The van der Waals surface area contributed by atoms with Crippen LogP contribution in [0.25, 0.3) is 0 Å². The topological polar surface area (TPSA) is 43.8 Å². The Morgan fingerprint density at radius 3 is 2.70 bits per heavy atom. The summed E-state index contributed by atoms with van der Waals surface area (Å²) in [6, 6.07) is 4.26. The first-order valence-electron chi connectivity index (χ1n) is 6.20. The molecule has 0 saturated carbocycles. The Morgan fingerprint density at radius 2 is 2.05 bits per heavy atom. The zero-order valence-corrected chi connectivity index (χ0v) is 11.5. The predicted octanol–water partition coefficient (Wildman–Crippen LogP) is 2.13. The number of nitrogens with zero attached hydrogens (tertiary/aromatic N) is 2. The number of hydrogen-bond acceptors (Lipinski definition) is 2. The minimum atomic E-state index is -0.892. The third kappa shape index (κ3) is 3.86. The lowest BCUT2D eigenvalue weighted by Gasteiger charge is -2.31. The zero-order chi connectivity index (χ0) is 14.5. The Balaban J connectivity index is 1.89. The monoisotopic (exact) mass is 296 g/mol. The van der Waals surface area contributed by atoms with Crippen molar-refractivity contribution in [2.45, 2.75) is 0 Å². The molecule has 0 unspecified atom stereocenters. The summed E-state index contributed by atoms with van der Waals surface area (Å²) in [5.41, 5.74) is 0.279. The van der Waals surface area contributed by atoms with Gasteiger partial charge in [-0.3, -0.25) is 4.90 Å². The SMILES string of the molecule is O=C(O)N1CCN(CC#Cc2cc(Cl)ccc2F)CC1. The van der Waals surface area contributed by atoms with E-state index in [-0.39, 0.29) is 5.56 Å². The Labute approximate surface area is 121 Å². The molecule has 2 rings (SSSR count). The highest BCUT2D eigenvalue weighted by Gasteiger charge is 2.19. The van der Waals surface area contributed by atoms with Crippen molar-refractivity contribution in [2.24, 2.45) is 0 Å². The number of halogens is 2. The molecule has 1 N–H and O–H groups in total. The van der Waals surface area contributed by atoms with Crippen LogP contribution in [0.2, 0.25) is 5.02 Å². The molecule has 1 heterocycles. The van der Waals surface area contributed by atoms with Crippen LogP contribution < -0.4 is 0 Å². The van der Waals surface area contributed by atoms with E-state index in [1.54, 1.807) is 0 Å². The molecule has 20 heavy (non-hydrogen) atoms. The minimum Gasteiger partial charge on any atom is -0.465 e. The molecule has 0 spiro atoms. The summed E-state index contributed by atoms with van der Waals surface area (Å²) < 4.78 is 13.4. The van der Waals surface area contributed by atoms with Crippen LogP contribution in [0.15, 0.2) is 18.2 Å². The molecule has 4 nitrogen and oxygen atoms in total. The second kappa shape index (κ2) is 6.60. The van der Waals surface area contributed by atoms with Crippen molar-refractivity contribution in [3.05, 3.63) is 34.6 Å². The molecule has 6 heteroatoms. The fourth-order valence-electron chi connectivity index (χ4n) is 1.94. The lowest BCUT2D eigenvalue weighted by atomic mass is 10.2. The molecule has 1 aromatic carbocycles. The Bertz CT molecular complexity index is 560. The van der Waals surface area contributed by atoms with Gasteiger partial charge in [-0.1, -0.05) is 23.4 Å². The van der Waals surface area contributed by atoms with Crippen LogP contribution in [-0.2, 0) is 0 Å². The molecule has 0 aliphatic carbocycles. The quantitative estimate of drug-likeness (QED) is 0.808. The number of rotatable bonds is 1. The largest absolute Gasteiger partial charge is 0.465 e. The second-order valence-electron chi connectivity index (χ2n) is 4.47. The summed E-state index contributed by atoms with van der Waals surface area (Å²) in [5, 5.41) is 9.28. The van der Waals surface area contributed by atoms with Gasteiger partial charge >= 0.3 is 6.09 Å². The van der Waals surface area contributed by atoms with E-state index in [4.69, 9.17) is 16.7 Å². The van der Waals surface area contributed by atoms with Crippen LogP contribution in [0.4, 0.5) is 9.18 Å². The molecule has 1 fully saturated rings. The molecule has 0 radical (unpaired) electrons. The van der Waals surface area contributed by atoms with Gasteiger partial charge in [0.05, 0.1) is 12.1 Å². The van der Waals surface area contributed by atoms with Crippen molar-refractivity contribution in [3.8, 4) is 11.8 Å². The normalized spacial score (nSPS) is 15.6. The number of carboxylic acid groups (broad SMARTS) is 1. The molecule has 0 atom stereocenters. The maximum atomic E-state index is 13.4. The number of piperazine rings is 1. The highest BCUT2D eigenvalue weighted by atomic mass is 35.5. The van der Waals surface area contributed by atoms with Gasteiger partial charge in [0.2, 0.25) is 0 Å². The van der Waals surface area contributed by atoms with Crippen molar-refractivity contribution in [1.29, 1.82) is 0 Å². The maximum Gasteiger partial charge on any atom is 0.407 e. The summed E-state index contributed by atoms with van der Waals surface area (Å²) in [6.07, 6.45) is -0.892. The zero-order valence-electron chi connectivity index (χ0n) is 10.8. The molecule has 0 aromatic heterocycles. The van der Waals surface area contributed by atoms with Crippen LogP contribution in [0.5, 0.6) is 0 Å². The molecule has 1 aliphatic rings. The van der Waals surface area contributed by atoms with E-state index in [2.05, 4.69) is 11.8 Å². The lowest BCUT2D eigenvalue weighted by molar-refractivity contribution is 0.111. The predicted molar refractivity (Wildman–Crippen MR) is 74.3 cm³/mol. The van der Waals surface area contributed by atoms with E-state index >= 15 is 0 Å². The fourth-order valence-corrected chi connectivity index (χ4v) is 2.11. The molecule has 1 aromatic rings. The van der Waals surface area contributed by atoms with E-state index in [9.17, 15) is 9.18 Å². The van der Waals surface area contributed by atoms with Crippen LogP contribution in [0.1, 0.15) is 5.56 Å². The molecular formula is C14H14ClFN2O2. The maximum absolute atomic E-state index is 13.4. The summed E-state index contributed by atoms with van der Waals surface area (Å²) >= 11 is 5.78. The van der Waals surface area contributed by atoms with E-state index < -0.39 is 11.9 Å². The highest BCUT2D eigenvalue weighted by Crippen LogP contribution is 2.13. The molecular weight excluding hydrogens is 283 g/mol. The first kappa shape index (κ1) is 14.6. The average molecular weight is 297 g/mol. The molecule has 1 aliphatic heterocycles. The summed E-state index contributed by atoms with van der Waals surface area (Å²) in [7, 11) is 0. The van der Waals surface area contributed by atoms with Gasteiger partial charge in [-0.05, 0) is 18.2 Å². The van der Waals surface area contributed by atoms with Gasteiger partial charge in [-0.2, -0.15) is 0 Å². The van der Waals surface area contributed by atoms with E-state index in [0.29, 0.717) is 37.7 Å². The summed E-state index contributed by atoms with van der Waals surface area (Å²) in [6.45, 7) is 2.71. The smallest absolute Gasteiger partial charge is 0.407 e. The lowest BCUT2D eigenvalue weighted by Crippen LogP contribution is -2.48. The third-order valence-electron chi connectivity index (χ3n) is 3.10. The van der Waals surface area contributed by atoms with Gasteiger partial charge in [-0.25, -0.2) is 9.18 Å². The molecule has 1 amide bonds. The summed E-state index contributed by atoms with van der Waals surface area (Å²) in [5.74, 6) is 5.26. The van der Waals surface area contributed by atoms with Gasteiger partial charge in [0.1, 0.15) is 5.82 Å². The van der Waals surface area contributed by atoms with Gasteiger partial charge in [-0.15, -0.1) is 0 Å². The van der Waals surface area contributed by atoms with Gasteiger partial charge in [0, 0.05) is 31.2 Å². The number of hydrogen-bond donors (Lipinski definition) is 1. The number of amides is 1. The Kier molecular flexibility index (Phi) is 4.83. The summed E-state index contributed by atoms with van der Waals surface area (Å²) in [4.78, 5) is 14.2. The van der Waals surface area contributed by atoms with Crippen LogP contribution in [0.3, 0.4) is 0 Å². The van der Waals surface area contributed by atoms with Gasteiger partial charge < -0.3 is 10.0 Å².